The second kappa shape index (κ2) is 9.11. The number of aliphatic imine (C=N–C) groups is 3. The molecule has 0 saturated carbocycles. The van der Waals surface area contributed by atoms with Crippen LogP contribution in [-0.2, 0) is 9.59 Å². The molecule has 0 aromatic carbocycles. The van der Waals surface area contributed by atoms with Crippen LogP contribution < -0.4 is 22.1 Å². The Kier molecular flexibility index (Phi) is 7.49. The van der Waals surface area contributed by atoms with Crippen LogP contribution in [0, 0.1) is 0 Å². The maximum absolute atomic E-state index is 12.6. The van der Waals surface area contributed by atoms with E-state index < -0.39 is 5.54 Å². The highest BCUT2D eigenvalue weighted by molar-refractivity contribution is 6.05. The summed E-state index contributed by atoms with van der Waals surface area (Å²) in [6, 6.07) is -0.0340. The van der Waals surface area contributed by atoms with Gasteiger partial charge in [0, 0.05) is 26.1 Å². The molecule has 0 aliphatic carbocycles. The molecule has 0 fully saturated rings. The second-order valence-electron chi connectivity index (χ2n) is 6.12. The summed E-state index contributed by atoms with van der Waals surface area (Å²) >= 11 is 0. The molecule has 1 aliphatic rings. The van der Waals surface area contributed by atoms with Crippen LogP contribution >= 0.6 is 0 Å². The van der Waals surface area contributed by atoms with Crippen LogP contribution in [0.25, 0.3) is 0 Å². The summed E-state index contributed by atoms with van der Waals surface area (Å²) in [5.41, 5.74) is 9.52. The Morgan fingerprint density at radius 2 is 2.24 bits per heavy atom. The average molecular weight is 352 g/mol. The molecule has 140 valence electrons. The summed E-state index contributed by atoms with van der Waals surface area (Å²) in [7, 11) is 3.40. The van der Waals surface area contributed by atoms with Gasteiger partial charge in [0.2, 0.25) is 11.9 Å². The first-order chi connectivity index (χ1) is 11.7. The van der Waals surface area contributed by atoms with E-state index in [2.05, 4.69) is 32.3 Å². The lowest BCUT2D eigenvalue weighted by atomic mass is 9.96. The van der Waals surface area contributed by atoms with Crippen LogP contribution in [0.2, 0.25) is 0 Å². The van der Waals surface area contributed by atoms with E-state index in [9.17, 15) is 9.59 Å². The van der Waals surface area contributed by atoms with E-state index in [0.29, 0.717) is 6.54 Å². The largest absolute Gasteiger partial charge is 0.370 e. The summed E-state index contributed by atoms with van der Waals surface area (Å²) in [6.45, 7) is 5.67. The van der Waals surface area contributed by atoms with E-state index in [4.69, 9.17) is 11.5 Å². The Bertz CT molecular complexity index is 570. The van der Waals surface area contributed by atoms with Crippen LogP contribution in [-0.4, -0.2) is 74.1 Å². The molecule has 1 aliphatic heterocycles. The molecule has 1 rings (SSSR count). The lowest BCUT2D eigenvalue weighted by Crippen LogP contribution is -2.62. The number of nitrogens with one attached hydrogen (secondary N) is 2. The Balaban J connectivity index is 2.65. The number of likely N-dealkylation sites (N-methyl/N-ethyl adjacent to an activating group) is 1. The molecule has 0 radical (unpaired) electrons. The molecule has 0 aromatic heterocycles. The fourth-order valence-corrected chi connectivity index (χ4v) is 2.44. The molecule has 0 aromatic rings. The third kappa shape index (κ3) is 5.52. The minimum absolute atomic E-state index is 0.0340. The molecule has 0 spiro atoms. The van der Waals surface area contributed by atoms with Gasteiger partial charge in [0.25, 0.3) is 5.91 Å². The van der Waals surface area contributed by atoms with Gasteiger partial charge in [-0.05, 0) is 33.5 Å². The standard InChI is InChI=1S/C15H28N8O2/c1-15(9-21-14(19-3)22-12(15)25)23(4)11(24)8-10(18-2)6-5-7-20-13(16)17/h10,18H,3,5-9H2,1-2,4H3,(H4,16,17,20)(H,21,22,25)/t10?,15-/m0/s1. The van der Waals surface area contributed by atoms with Crippen molar-refractivity contribution in [1.29, 1.82) is 0 Å². The van der Waals surface area contributed by atoms with Crippen molar-refractivity contribution in [3.05, 3.63) is 0 Å². The van der Waals surface area contributed by atoms with Crippen molar-refractivity contribution in [2.24, 2.45) is 26.4 Å². The fraction of sp³-hybridized carbons (Fsp3) is 0.667. The Hall–Kier alpha value is -2.49. The first-order valence-corrected chi connectivity index (χ1v) is 8.06. The lowest BCUT2D eigenvalue weighted by molar-refractivity contribution is -0.144. The van der Waals surface area contributed by atoms with Crippen molar-refractivity contribution in [2.75, 3.05) is 27.2 Å². The SMILES string of the molecule is C=NC1=NC[C@](C)(N(C)C(=O)CC(CCCN=C(N)N)NC)C(=O)N1. The molecule has 1 unspecified atom stereocenters. The number of guanidine groups is 2. The molecule has 10 heteroatoms. The number of carbonyl (C=O) groups excluding carboxylic acids is 2. The number of nitrogens with zero attached hydrogens (tertiary/aromatic N) is 4. The summed E-state index contributed by atoms with van der Waals surface area (Å²) in [4.78, 5) is 38.0. The predicted octanol–water partition coefficient (Wildman–Crippen LogP) is -1.58. The van der Waals surface area contributed by atoms with Gasteiger partial charge in [-0.1, -0.05) is 0 Å². The Morgan fingerprint density at radius 1 is 1.56 bits per heavy atom. The van der Waals surface area contributed by atoms with E-state index in [1.165, 1.54) is 4.90 Å². The van der Waals surface area contributed by atoms with Gasteiger partial charge in [-0.2, -0.15) is 0 Å². The van der Waals surface area contributed by atoms with Crippen LogP contribution in [0.4, 0.5) is 0 Å². The normalized spacial score (nSPS) is 20.9. The van der Waals surface area contributed by atoms with Gasteiger partial charge >= 0.3 is 0 Å². The van der Waals surface area contributed by atoms with Crippen LogP contribution in [0.5, 0.6) is 0 Å². The van der Waals surface area contributed by atoms with Gasteiger partial charge in [0.05, 0.1) is 6.54 Å². The van der Waals surface area contributed by atoms with Crippen molar-refractivity contribution in [1.82, 2.24) is 15.5 Å². The lowest BCUT2D eigenvalue weighted by Gasteiger charge is -2.38. The van der Waals surface area contributed by atoms with E-state index in [1.807, 2.05) is 0 Å². The topological polar surface area (TPSA) is 151 Å². The van der Waals surface area contributed by atoms with Crippen molar-refractivity contribution in [3.63, 3.8) is 0 Å². The summed E-state index contributed by atoms with van der Waals surface area (Å²) < 4.78 is 0. The number of nitrogens with two attached hydrogens (primary N) is 2. The number of hydrogen-bond acceptors (Lipinski definition) is 6. The first-order valence-electron chi connectivity index (χ1n) is 8.06. The summed E-state index contributed by atoms with van der Waals surface area (Å²) in [5.74, 6) is -0.239. The molecule has 2 amide bonds. The zero-order valence-electron chi connectivity index (χ0n) is 15.1. The van der Waals surface area contributed by atoms with Crippen LogP contribution in [0.3, 0.4) is 0 Å². The van der Waals surface area contributed by atoms with Crippen molar-refractivity contribution in [3.8, 4) is 0 Å². The highest BCUT2D eigenvalue weighted by atomic mass is 16.2. The highest BCUT2D eigenvalue weighted by Crippen LogP contribution is 2.19. The third-order valence-corrected chi connectivity index (χ3v) is 4.35. The van der Waals surface area contributed by atoms with Gasteiger partial charge in [0.15, 0.2) is 5.96 Å². The van der Waals surface area contributed by atoms with Gasteiger partial charge in [0.1, 0.15) is 5.54 Å². The van der Waals surface area contributed by atoms with Gasteiger partial charge in [-0.25, -0.2) is 9.98 Å². The number of rotatable bonds is 8. The molecule has 25 heavy (non-hydrogen) atoms. The van der Waals surface area contributed by atoms with E-state index in [0.717, 1.165) is 12.8 Å². The summed E-state index contributed by atoms with van der Waals surface area (Å²) in [6.07, 6.45) is 1.74. The highest BCUT2D eigenvalue weighted by Gasteiger charge is 2.42. The van der Waals surface area contributed by atoms with Crippen LogP contribution in [0.1, 0.15) is 26.2 Å². The molecular weight excluding hydrogens is 324 g/mol. The first kappa shape index (κ1) is 20.6. The zero-order valence-corrected chi connectivity index (χ0v) is 15.1. The molecule has 10 nitrogen and oxygen atoms in total. The number of amides is 2. The molecule has 0 saturated heterocycles. The maximum atomic E-state index is 12.6. The minimum Gasteiger partial charge on any atom is -0.370 e. The number of carbonyl (C=O) groups is 2. The Morgan fingerprint density at radius 3 is 2.76 bits per heavy atom. The molecule has 1 heterocycles. The second-order valence-corrected chi connectivity index (χ2v) is 6.12. The van der Waals surface area contributed by atoms with Crippen molar-refractivity contribution >= 4 is 30.5 Å². The number of hydrogen-bond donors (Lipinski definition) is 4. The molecule has 0 bridgehead atoms. The Labute approximate surface area is 147 Å². The van der Waals surface area contributed by atoms with Crippen LogP contribution in [0.15, 0.2) is 15.0 Å². The van der Waals surface area contributed by atoms with E-state index in [-0.39, 0.29) is 42.7 Å². The minimum atomic E-state index is -1.05. The van der Waals surface area contributed by atoms with E-state index in [1.54, 1.807) is 21.0 Å². The predicted molar refractivity (Wildman–Crippen MR) is 98.5 cm³/mol. The molecule has 6 N–H and O–H groups in total. The zero-order chi connectivity index (χ0) is 19.0. The van der Waals surface area contributed by atoms with Crippen molar-refractivity contribution in [2.45, 2.75) is 37.8 Å². The molecule has 2 atom stereocenters. The van der Waals surface area contributed by atoms with Gasteiger partial charge < -0.3 is 21.7 Å². The van der Waals surface area contributed by atoms with Gasteiger partial charge in [-0.15, -0.1) is 0 Å². The fourth-order valence-electron chi connectivity index (χ4n) is 2.44. The third-order valence-electron chi connectivity index (χ3n) is 4.35. The average Bonchev–Trinajstić information content (AvgIpc) is 2.58. The molecular formula is C15H28N8O2. The van der Waals surface area contributed by atoms with E-state index >= 15 is 0 Å². The maximum Gasteiger partial charge on any atom is 0.254 e. The smallest absolute Gasteiger partial charge is 0.254 e. The monoisotopic (exact) mass is 352 g/mol. The summed E-state index contributed by atoms with van der Waals surface area (Å²) in [5, 5.41) is 5.66. The van der Waals surface area contributed by atoms with Gasteiger partial charge in [-0.3, -0.25) is 19.9 Å². The quantitative estimate of drug-likeness (QED) is 0.236. The van der Waals surface area contributed by atoms with Crippen molar-refractivity contribution < 1.29 is 9.59 Å².